The Labute approximate surface area is 133 Å². The lowest BCUT2D eigenvalue weighted by atomic mass is 10.2. The first-order chi connectivity index (χ1) is 11.1. The minimum atomic E-state index is -1.06. The number of rotatable bonds is 7. The number of carbonyl (C=O) groups excluding carboxylic acids is 1. The number of carboxylic acid groups (broad SMARTS) is 1. The first-order valence-electron chi connectivity index (χ1n) is 6.93. The lowest BCUT2D eigenvalue weighted by Crippen LogP contribution is -2.20. The maximum Gasteiger partial charge on any atom is 0.341 e. The van der Waals surface area contributed by atoms with Crippen LogP contribution in [0.4, 0.5) is 0 Å². The number of nitrogens with zero attached hydrogens (tertiary/aromatic N) is 1. The van der Waals surface area contributed by atoms with Crippen LogP contribution >= 0.6 is 0 Å². The second-order valence-electron chi connectivity index (χ2n) is 4.63. The molecule has 1 aromatic heterocycles. The maximum absolute atomic E-state index is 11.8. The monoisotopic (exact) mass is 312 g/mol. The number of carbonyl (C=O) groups is 2. The van der Waals surface area contributed by atoms with Gasteiger partial charge in [-0.15, -0.1) is 0 Å². The smallest absolute Gasteiger partial charge is 0.341 e. The third-order valence-electron chi connectivity index (χ3n) is 2.87. The van der Waals surface area contributed by atoms with Crippen LogP contribution < -0.4 is 10.1 Å². The average Bonchev–Trinajstić information content (AvgIpc) is 2.58. The number of para-hydroxylation sites is 1. The van der Waals surface area contributed by atoms with E-state index in [1.807, 2.05) is 6.07 Å². The summed E-state index contributed by atoms with van der Waals surface area (Å²) in [6.45, 7) is -0.0494. The molecule has 0 aliphatic heterocycles. The van der Waals surface area contributed by atoms with Gasteiger partial charge < -0.3 is 15.2 Å². The van der Waals surface area contributed by atoms with Crippen LogP contribution in [0.15, 0.2) is 54.9 Å². The number of pyridine rings is 1. The number of ether oxygens (including phenoxy) is 1. The lowest BCUT2D eigenvalue weighted by molar-refractivity contribution is -0.139. The molecule has 0 unspecified atom stereocenters. The number of hydrogen-bond donors (Lipinski definition) is 2. The minimum absolute atomic E-state index is 0.262. The van der Waals surface area contributed by atoms with Crippen molar-refractivity contribution in [2.75, 3.05) is 6.61 Å². The number of nitrogens with one attached hydrogen (secondary N) is 1. The molecule has 2 aromatic rings. The first kappa shape index (κ1) is 16.2. The summed E-state index contributed by atoms with van der Waals surface area (Å²) < 4.78 is 5.17. The quantitative estimate of drug-likeness (QED) is 0.762. The third-order valence-corrected chi connectivity index (χ3v) is 2.87. The van der Waals surface area contributed by atoms with Crippen LogP contribution in [0.3, 0.4) is 0 Å². The second kappa shape index (κ2) is 8.33. The summed E-state index contributed by atoms with van der Waals surface area (Å²) in [5.74, 6) is -0.911. The van der Waals surface area contributed by atoms with Crippen LogP contribution in [-0.2, 0) is 16.1 Å². The van der Waals surface area contributed by atoms with Gasteiger partial charge in [0.05, 0.1) is 0 Å². The van der Waals surface area contributed by atoms with Crippen LogP contribution in [0.1, 0.15) is 11.1 Å². The fraction of sp³-hybridized carbons (Fsp3) is 0.118. The van der Waals surface area contributed by atoms with Crippen molar-refractivity contribution in [2.24, 2.45) is 0 Å². The van der Waals surface area contributed by atoms with Crippen molar-refractivity contribution >= 4 is 18.0 Å². The Morgan fingerprint density at radius 1 is 1.22 bits per heavy atom. The lowest BCUT2D eigenvalue weighted by Gasteiger charge is -2.06. The number of amides is 1. The standard InChI is InChI=1S/C17H16N2O4/c20-16(19-11-13-4-3-9-18-10-13)8-7-14-5-1-2-6-15(14)23-12-17(21)22/h1-10H,11-12H2,(H,19,20)(H,21,22)/b8-7+. The van der Waals surface area contributed by atoms with Crippen LogP contribution in [0.25, 0.3) is 6.08 Å². The molecule has 0 fully saturated rings. The highest BCUT2D eigenvalue weighted by Gasteiger charge is 2.04. The van der Waals surface area contributed by atoms with Crippen molar-refractivity contribution in [3.8, 4) is 5.75 Å². The van der Waals surface area contributed by atoms with Gasteiger partial charge in [-0.1, -0.05) is 24.3 Å². The van der Waals surface area contributed by atoms with Crippen molar-refractivity contribution in [1.29, 1.82) is 0 Å². The molecule has 2 N–H and O–H groups in total. The number of aromatic nitrogens is 1. The van der Waals surface area contributed by atoms with Crippen molar-refractivity contribution in [3.63, 3.8) is 0 Å². The highest BCUT2D eigenvalue weighted by molar-refractivity contribution is 5.92. The van der Waals surface area contributed by atoms with Gasteiger partial charge in [-0.05, 0) is 23.8 Å². The number of hydrogen-bond acceptors (Lipinski definition) is 4. The van der Waals surface area contributed by atoms with E-state index in [1.54, 1.807) is 48.8 Å². The van der Waals surface area contributed by atoms with Gasteiger partial charge in [0, 0.05) is 30.6 Å². The molecule has 0 atom stereocenters. The SMILES string of the molecule is O=C(O)COc1ccccc1/C=C/C(=O)NCc1cccnc1. The van der Waals surface area contributed by atoms with E-state index in [0.717, 1.165) is 5.56 Å². The molecule has 2 rings (SSSR count). The van der Waals surface area contributed by atoms with E-state index in [-0.39, 0.29) is 5.91 Å². The number of aliphatic carboxylic acids is 1. The van der Waals surface area contributed by atoms with E-state index in [2.05, 4.69) is 10.3 Å². The maximum atomic E-state index is 11.8. The Hall–Kier alpha value is -3.15. The van der Waals surface area contributed by atoms with Gasteiger partial charge in [-0.25, -0.2) is 4.79 Å². The van der Waals surface area contributed by atoms with Gasteiger partial charge in [-0.3, -0.25) is 9.78 Å². The van der Waals surface area contributed by atoms with Crippen LogP contribution in [0.2, 0.25) is 0 Å². The van der Waals surface area contributed by atoms with Crippen molar-refractivity contribution in [1.82, 2.24) is 10.3 Å². The molecule has 1 amide bonds. The van der Waals surface area contributed by atoms with Gasteiger partial charge in [-0.2, -0.15) is 0 Å². The predicted octanol–water partition coefficient (Wildman–Crippen LogP) is 1.87. The van der Waals surface area contributed by atoms with Crippen molar-refractivity contribution in [3.05, 3.63) is 66.0 Å². The van der Waals surface area contributed by atoms with Gasteiger partial charge >= 0.3 is 5.97 Å². The Morgan fingerprint density at radius 3 is 2.78 bits per heavy atom. The zero-order valence-electron chi connectivity index (χ0n) is 12.3. The molecule has 118 valence electrons. The van der Waals surface area contributed by atoms with E-state index in [1.165, 1.54) is 6.08 Å². The topological polar surface area (TPSA) is 88.5 Å². The molecule has 0 saturated heterocycles. The fourth-order valence-corrected chi connectivity index (χ4v) is 1.81. The molecule has 0 spiro atoms. The molecule has 0 saturated carbocycles. The Kier molecular flexibility index (Phi) is 5.88. The average molecular weight is 312 g/mol. The summed E-state index contributed by atoms with van der Waals surface area (Å²) in [5.41, 5.74) is 1.53. The zero-order valence-corrected chi connectivity index (χ0v) is 12.3. The summed E-state index contributed by atoms with van der Waals surface area (Å²) >= 11 is 0. The Bertz CT molecular complexity index is 699. The van der Waals surface area contributed by atoms with Crippen molar-refractivity contribution in [2.45, 2.75) is 6.54 Å². The molecule has 6 nitrogen and oxygen atoms in total. The largest absolute Gasteiger partial charge is 0.481 e. The highest BCUT2D eigenvalue weighted by Crippen LogP contribution is 2.19. The number of benzene rings is 1. The van der Waals surface area contributed by atoms with Crippen molar-refractivity contribution < 1.29 is 19.4 Å². The highest BCUT2D eigenvalue weighted by atomic mass is 16.5. The summed E-state index contributed by atoms with van der Waals surface area (Å²) in [5, 5.41) is 11.4. The Balaban J connectivity index is 1.94. The summed E-state index contributed by atoms with van der Waals surface area (Å²) in [4.78, 5) is 26.3. The molecular weight excluding hydrogens is 296 g/mol. The second-order valence-corrected chi connectivity index (χ2v) is 4.63. The minimum Gasteiger partial charge on any atom is -0.481 e. The molecular formula is C17H16N2O4. The van der Waals surface area contributed by atoms with Crippen LogP contribution in [0.5, 0.6) is 5.75 Å². The summed E-state index contributed by atoms with van der Waals surface area (Å²) in [6, 6.07) is 10.6. The molecule has 1 aromatic carbocycles. The molecule has 0 aliphatic carbocycles. The van der Waals surface area contributed by atoms with E-state index < -0.39 is 12.6 Å². The van der Waals surface area contributed by atoms with Crippen LogP contribution in [-0.4, -0.2) is 28.6 Å². The summed E-state index contributed by atoms with van der Waals surface area (Å²) in [6.07, 6.45) is 6.30. The van der Waals surface area contributed by atoms with Crippen LogP contribution in [0, 0.1) is 0 Å². The van der Waals surface area contributed by atoms with Gasteiger partial charge in [0.1, 0.15) is 5.75 Å². The molecule has 0 radical (unpaired) electrons. The molecule has 23 heavy (non-hydrogen) atoms. The van der Waals surface area contributed by atoms with Gasteiger partial charge in [0.2, 0.25) is 5.91 Å². The van der Waals surface area contributed by atoms with E-state index in [9.17, 15) is 9.59 Å². The molecule has 6 heteroatoms. The van der Waals surface area contributed by atoms with E-state index in [4.69, 9.17) is 9.84 Å². The molecule has 0 aliphatic rings. The van der Waals surface area contributed by atoms with E-state index in [0.29, 0.717) is 17.9 Å². The zero-order chi connectivity index (χ0) is 16.5. The predicted molar refractivity (Wildman–Crippen MR) is 84.7 cm³/mol. The fourth-order valence-electron chi connectivity index (χ4n) is 1.81. The number of carboxylic acids is 1. The normalized spacial score (nSPS) is 10.4. The first-order valence-corrected chi connectivity index (χ1v) is 6.93. The Morgan fingerprint density at radius 2 is 2.04 bits per heavy atom. The molecule has 1 heterocycles. The van der Waals surface area contributed by atoms with E-state index >= 15 is 0 Å². The molecule has 0 bridgehead atoms. The van der Waals surface area contributed by atoms with Gasteiger partial charge in [0.15, 0.2) is 6.61 Å². The summed E-state index contributed by atoms with van der Waals surface area (Å²) in [7, 11) is 0. The third kappa shape index (κ3) is 5.62. The van der Waals surface area contributed by atoms with Gasteiger partial charge in [0.25, 0.3) is 0 Å².